The van der Waals surface area contributed by atoms with Gasteiger partial charge in [-0.05, 0) is 52.9 Å². The Kier molecular flexibility index (Phi) is 7.35. The maximum atomic E-state index is 11.1. The van der Waals surface area contributed by atoms with Gasteiger partial charge in [-0.25, -0.2) is 15.1 Å². The first-order valence-corrected chi connectivity index (χ1v) is 12.8. The van der Waals surface area contributed by atoms with Crippen molar-refractivity contribution >= 4 is 17.3 Å². The number of benzene rings is 2. The van der Waals surface area contributed by atoms with Gasteiger partial charge >= 0.3 is 0 Å². The third-order valence-corrected chi connectivity index (χ3v) is 6.70. The molecule has 1 N–H and O–H groups in total. The molecular formula is C29H28N8O2. The average molecular weight is 521 g/mol. The number of rotatable bonds is 9. The van der Waals surface area contributed by atoms with Crippen LogP contribution in [0.15, 0.2) is 95.4 Å². The summed E-state index contributed by atoms with van der Waals surface area (Å²) in [5.41, 5.74) is 6.91. The number of unbranched alkanes of at least 4 members (excludes halogenated alkanes) is 1. The summed E-state index contributed by atoms with van der Waals surface area (Å²) < 4.78 is 0. The summed E-state index contributed by atoms with van der Waals surface area (Å²) in [5.74, 6) is 1.91. The number of hydrogen-bond acceptors (Lipinski definition) is 8. The molecule has 1 aliphatic rings. The molecule has 0 amide bonds. The highest BCUT2D eigenvalue weighted by molar-refractivity contribution is 6.01. The molecule has 10 heteroatoms. The second-order valence-corrected chi connectivity index (χ2v) is 9.27. The number of aromatic amines is 1. The molecule has 0 atom stereocenters. The topological polar surface area (TPSA) is 126 Å². The monoisotopic (exact) mass is 520 g/mol. The van der Waals surface area contributed by atoms with Gasteiger partial charge in [-0.2, -0.15) is 0 Å². The molecule has 0 saturated heterocycles. The van der Waals surface area contributed by atoms with Crippen LogP contribution in [0.3, 0.4) is 0 Å². The van der Waals surface area contributed by atoms with E-state index in [1.807, 2.05) is 36.1 Å². The summed E-state index contributed by atoms with van der Waals surface area (Å²) in [6.45, 7) is 8.48. The quantitative estimate of drug-likeness (QED) is 0.203. The third kappa shape index (κ3) is 5.35. The van der Waals surface area contributed by atoms with Gasteiger partial charge in [-0.1, -0.05) is 68.5 Å². The predicted molar refractivity (Wildman–Crippen MR) is 151 cm³/mol. The van der Waals surface area contributed by atoms with Crippen molar-refractivity contribution in [2.45, 2.75) is 39.5 Å². The number of nitrogens with zero attached hydrogens (tertiary/aromatic N) is 7. The van der Waals surface area contributed by atoms with Crippen LogP contribution in [0.25, 0.3) is 22.5 Å². The number of amidine groups is 1. The molecule has 1 aliphatic heterocycles. The maximum Gasteiger partial charge on any atom is 0.287 e. The zero-order chi connectivity index (χ0) is 27.4. The standard InChI is InChI=1S/C29H28N8O2/c1-4-5-10-27-26(19(2)36(20(3)31-27)28-16-15-23(18-30-28)37(38)39)17-21-11-13-22(14-12-21)24-8-6-7-9-25(24)29-32-34-35-33-29/h6-9,11-16,18H,2,4-5,10,17H2,1,3H3,(H,32,33,34,35). The number of nitrogens with one attached hydrogen (secondary N) is 1. The predicted octanol–water partition coefficient (Wildman–Crippen LogP) is 6.28. The normalized spacial score (nSPS) is 13.5. The van der Waals surface area contributed by atoms with E-state index in [-0.39, 0.29) is 5.69 Å². The van der Waals surface area contributed by atoms with E-state index in [2.05, 4.69) is 63.4 Å². The minimum atomic E-state index is -0.457. The first-order valence-electron chi connectivity index (χ1n) is 12.8. The van der Waals surface area contributed by atoms with Crippen LogP contribution in [0.2, 0.25) is 0 Å². The highest BCUT2D eigenvalue weighted by Crippen LogP contribution is 2.35. The lowest BCUT2D eigenvalue weighted by Crippen LogP contribution is -2.33. The number of tetrazole rings is 1. The van der Waals surface area contributed by atoms with Crippen molar-refractivity contribution < 1.29 is 4.92 Å². The Hall–Kier alpha value is -4.99. The summed E-state index contributed by atoms with van der Waals surface area (Å²) in [6, 6.07) is 19.5. The number of H-pyrrole nitrogens is 1. The lowest BCUT2D eigenvalue weighted by molar-refractivity contribution is -0.385. The van der Waals surface area contributed by atoms with E-state index in [9.17, 15) is 10.1 Å². The van der Waals surface area contributed by atoms with E-state index in [1.54, 1.807) is 6.07 Å². The van der Waals surface area contributed by atoms with Gasteiger partial charge in [0.25, 0.3) is 5.69 Å². The molecule has 4 aromatic rings. The number of hydrogen-bond donors (Lipinski definition) is 1. The molecule has 2 aromatic heterocycles. The Morgan fingerprint density at radius 1 is 1.05 bits per heavy atom. The zero-order valence-corrected chi connectivity index (χ0v) is 21.8. The van der Waals surface area contributed by atoms with E-state index < -0.39 is 4.92 Å². The fourth-order valence-corrected chi connectivity index (χ4v) is 4.71. The molecular weight excluding hydrogens is 492 g/mol. The first kappa shape index (κ1) is 25.7. The lowest BCUT2D eigenvalue weighted by Gasteiger charge is -2.32. The second-order valence-electron chi connectivity index (χ2n) is 9.27. The molecule has 39 heavy (non-hydrogen) atoms. The molecule has 0 radical (unpaired) electrons. The van der Waals surface area contributed by atoms with Gasteiger partial charge in [-0.3, -0.25) is 15.0 Å². The number of aromatic nitrogens is 5. The van der Waals surface area contributed by atoms with Crippen molar-refractivity contribution in [2.75, 3.05) is 4.90 Å². The van der Waals surface area contributed by atoms with Crippen molar-refractivity contribution in [3.05, 3.63) is 106 Å². The Morgan fingerprint density at radius 3 is 2.46 bits per heavy atom. The first-order chi connectivity index (χ1) is 19.0. The van der Waals surface area contributed by atoms with E-state index in [4.69, 9.17) is 4.99 Å². The number of nitro groups is 1. The van der Waals surface area contributed by atoms with Gasteiger partial charge in [0, 0.05) is 35.0 Å². The van der Waals surface area contributed by atoms with Crippen molar-refractivity contribution in [3.63, 3.8) is 0 Å². The Labute approximate surface area is 226 Å². The Bertz CT molecular complexity index is 1560. The number of pyridine rings is 1. The van der Waals surface area contributed by atoms with Crippen molar-refractivity contribution in [1.82, 2.24) is 25.6 Å². The van der Waals surface area contributed by atoms with Gasteiger partial charge < -0.3 is 0 Å². The highest BCUT2D eigenvalue weighted by atomic mass is 16.6. The van der Waals surface area contributed by atoms with Crippen LogP contribution in [0.4, 0.5) is 11.5 Å². The van der Waals surface area contributed by atoms with E-state index >= 15 is 0 Å². The van der Waals surface area contributed by atoms with Gasteiger partial charge in [0.05, 0.1) is 4.92 Å². The van der Waals surface area contributed by atoms with Crippen LogP contribution in [-0.2, 0) is 6.42 Å². The average Bonchev–Trinajstić information content (AvgIpc) is 3.49. The molecule has 0 saturated carbocycles. The molecule has 0 unspecified atom stereocenters. The van der Waals surface area contributed by atoms with Crippen LogP contribution in [0, 0.1) is 10.1 Å². The number of anilines is 1. The lowest BCUT2D eigenvalue weighted by atomic mass is 9.94. The Balaban J connectivity index is 1.45. The highest BCUT2D eigenvalue weighted by Gasteiger charge is 2.26. The summed E-state index contributed by atoms with van der Waals surface area (Å²) in [5, 5.41) is 25.4. The van der Waals surface area contributed by atoms with Crippen LogP contribution in [0.1, 0.15) is 38.7 Å². The summed E-state index contributed by atoms with van der Waals surface area (Å²) in [7, 11) is 0. The molecule has 10 nitrogen and oxygen atoms in total. The summed E-state index contributed by atoms with van der Waals surface area (Å²) >= 11 is 0. The fraction of sp³-hybridized carbons (Fsp3) is 0.207. The minimum Gasteiger partial charge on any atom is -0.283 e. The minimum absolute atomic E-state index is 0.0587. The summed E-state index contributed by atoms with van der Waals surface area (Å²) in [4.78, 5) is 21.8. The van der Waals surface area contributed by atoms with Gasteiger partial charge in [0.15, 0.2) is 5.82 Å². The van der Waals surface area contributed by atoms with E-state index in [1.165, 1.54) is 12.3 Å². The molecule has 3 heterocycles. The van der Waals surface area contributed by atoms with Crippen LogP contribution < -0.4 is 4.90 Å². The van der Waals surface area contributed by atoms with Crippen molar-refractivity contribution in [1.29, 1.82) is 0 Å². The molecule has 0 fully saturated rings. The third-order valence-electron chi connectivity index (χ3n) is 6.70. The van der Waals surface area contributed by atoms with Crippen LogP contribution >= 0.6 is 0 Å². The molecule has 5 rings (SSSR count). The fourth-order valence-electron chi connectivity index (χ4n) is 4.71. The van der Waals surface area contributed by atoms with Crippen LogP contribution in [-0.4, -0.2) is 36.4 Å². The number of aliphatic imine (C=N–C) groups is 1. The van der Waals surface area contributed by atoms with Gasteiger partial charge in [-0.15, -0.1) is 5.10 Å². The molecule has 0 spiro atoms. The smallest absolute Gasteiger partial charge is 0.283 e. The molecule has 0 aliphatic carbocycles. The van der Waals surface area contributed by atoms with Gasteiger partial charge in [0.2, 0.25) is 0 Å². The van der Waals surface area contributed by atoms with Crippen molar-refractivity contribution in [2.24, 2.45) is 4.99 Å². The largest absolute Gasteiger partial charge is 0.287 e. The maximum absolute atomic E-state index is 11.1. The van der Waals surface area contributed by atoms with Crippen LogP contribution in [0.5, 0.6) is 0 Å². The Morgan fingerprint density at radius 2 is 1.82 bits per heavy atom. The summed E-state index contributed by atoms with van der Waals surface area (Å²) in [6.07, 6.45) is 4.83. The number of allylic oxidation sites excluding steroid dienone is 2. The molecule has 2 aromatic carbocycles. The van der Waals surface area contributed by atoms with Gasteiger partial charge in [0.1, 0.15) is 17.9 Å². The zero-order valence-electron chi connectivity index (χ0n) is 21.8. The molecule has 0 bridgehead atoms. The SMILES string of the molecule is C=C1C(Cc2ccc(-c3ccccc3-c3nnn[nH]3)cc2)=C(CCCC)N=C(C)N1c1ccc([N+](=O)[O-])cn1. The van der Waals surface area contributed by atoms with E-state index in [0.29, 0.717) is 18.1 Å². The second kappa shape index (κ2) is 11.2. The van der Waals surface area contributed by atoms with Crippen molar-refractivity contribution in [3.8, 4) is 22.5 Å². The molecule has 196 valence electrons. The van der Waals surface area contributed by atoms with E-state index in [0.717, 1.165) is 64.3 Å².